The number of rotatable bonds is 4. The van der Waals surface area contributed by atoms with Gasteiger partial charge in [0.05, 0.1) is 10.2 Å². The first-order chi connectivity index (χ1) is 14.7. The molecule has 0 atom stereocenters. The first kappa shape index (κ1) is 20.6. The number of ether oxygens (including phenoxy) is 1. The average molecular weight is 459 g/mol. The minimum Gasteiger partial charge on any atom is -0.494 e. The van der Waals surface area contributed by atoms with Crippen LogP contribution in [0.1, 0.15) is 10.4 Å². The second-order valence-electron chi connectivity index (χ2n) is 6.58. The van der Waals surface area contributed by atoms with E-state index < -0.39 is 28.6 Å². The molecule has 0 bridgehead atoms. The van der Waals surface area contributed by atoms with Crippen LogP contribution in [0.2, 0.25) is 5.02 Å². The molecule has 4 aromatic rings. The van der Waals surface area contributed by atoms with Crippen molar-refractivity contribution in [3.63, 3.8) is 0 Å². The number of hydrogen-bond donors (Lipinski definition) is 2. The van der Waals surface area contributed by atoms with Gasteiger partial charge in [-0.1, -0.05) is 22.9 Å². The van der Waals surface area contributed by atoms with Gasteiger partial charge in [0.2, 0.25) is 5.88 Å². The van der Waals surface area contributed by atoms with Crippen LogP contribution in [0.3, 0.4) is 0 Å². The predicted octanol–water partition coefficient (Wildman–Crippen LogP) is 3.10. The molecule has 0 aliphatic rings. The van der Waals surface area contributed by atoms with E-state index in [1.807, 2.05) is 0 Å². The van der Waals surface area contributed by atoms with Gasteiger partial charge >= 0.3 is 5.69 Å². The summed E-state index contributed by atoms with van der Waals surface area (Å²) in [6, 6.07) is 11.7. The van der Waals surface area contributed by atoms with Crippen LogP contribution in [0.5, 0.6) is 16.8 Å². The van der Waals surface area contributed by atoms with Gasteiger partial charge in [-0.2, -0.15) is 0 Å². The minimum absolute atomic E-state index is 0.365. The lowest BCUT2D eigenvalue weighted by Crippen LogP contribution is -2.40. The smallest absolute Gasteiger partial charge is 0.333 e. The number of fused-ring (bicyclic) bond motifs is 1. The van der Waals surface area contributed by atoms with Gasteiger partial charge < -0.3 is 15.2 Å². The summed E-state index contributed by atoms with van der Waals surface area (Å²) in [5, 5.41) is 13.6. The number of benzene rings is 2. The summed E-state index contributed by atoms with van der Waals surface area (Å²) in [4.78, 5) is 41.0. The Morgan fingerprint density at radius 2 is 1.84 bits per heavy atom. The topological polar surface area (TPSA) is 115 Å². The monoisotopic (exact) mass is 458 g/mol. The summed E-state index contributed by atoms with van der Waals surface area (Å²) in [6.07, 6.45) is 0. The normalized spacial score (nSPS) is 10.9. The number of aromatic nitrogens is 3. The summed E-state index contributed by atoms with van der Waals surface area (Å²) < 4.78 is 8.21. The molecule has 0 saturated heterocycles. The fourth-order valence-corrected chi connectivity index (χ4v) is 3.96. The number of anilines is 1. The van der Waals surface area contributed by atoms with E-state index in [0.717, 1.165) is 19.4 Å². The average Bonchev–Trinajstić information content (AvgIpc) is 3.13. The zero-order chi connectivity index (χ0) is 22.3. The number of nitrogens with one attached hydrogen (secondary N) is 1. The molecule has 0 saturated carbocycles. The van der Waals surface area contributed by atoms with Crippen molar-refractivity contribution in [2.45, 2.75) is 0 Å². The summed E-state index contributed by atoms with van der Waals surface area (Å²) >= 11 is 7.33. The Labute approximate surface area is 183 Å². The van der Waals surface area contributed by atoms with Gasteiger partial charge in [-0.25, -0.2) is 9.78 Å². The third kappa shape index (κ3) is 3.90. The molecule has 1 amide bonds. The van der Waals surface area contributed by atoms with E-state index >= 15 is 0 Å². The van der Waals surface area contributed by atoms with E-state index in [2.05, 4.69) is 10.3 Å². The van der Waals surface area contributed by atoms with E-state index in [1.165, 1.54) is 25.4 Å². The number of nitrogens with zero attached hydrogens (tertiary/aromatic N) is 3. The van der Waals surface area contributed by atoms with Gasteiger partial charge in [0.25, 0.3) is 16.7 Å². The molecule has 2 aromatic carbocycles. The Hall–Kier alpha value is -3.63. The molecule has 0 aliphatic carbocycles. The van der Waals surface area contributed by atoms with Crippen molar-refractivity contribution in [3.8, 4) is 16.8 Å². The quantitative estimate of drug-likeness (QED) is 0.485. The Bertz CT molecular complexity index is 1440. The molecule has 0 fully saturated rings. The number of carbonyl (C=O) groups is 1. The lowest BCUT2D eigenvalue weighted by Gasteiger charge is -2.11. The summed E-state index contributed by atoms with van der Waals surface area (Å²) in [5.41, 5.74) is -1.03. The van der Waals surface area contributed by atoms with Crippen LogP contribution in [0.25, 0.3) is 10.2 Å². The fraction of sp³-hybridized carbons (Fsp3) is 0.100. The van der Waals surface area contributed by atoms with Crippen molar-refractivity contribution >= 4 is 44.7 Å². The second kappa shape index (κ2) is 7.89. The molecule has 2 N–H and O–H groups in total. The van der Waals surface area contributed by atoms with Crippen LogP contribution in [0, 0.1) is 0 Å². The first-order valence-corrected chi connectivity index (χ1v) is 10.1. The van der Waals surface area contributed by atoms with E-state index in [9.17, 15) is 19.5 Å². The van der Waals surface area contributed by atoms with Crippen molar-refractivity contribution in [1.82, 2.24) is 14.1 Å². The number of halogens is 1. The number of aromatic hydroxyl groups is 1. The van der Waals surface area contributed by atoms with Crippen LogP contribution >= 0.6 is 22.9 Å². The molecule has 0 radical (unpaired) electrons. The zero-order valence-electron chi connectivity index (χ0n) is 16.2. The molecule has 158 valence electrons. The Kier molecular flexibility index (Phi) is 5.25. The van der Waals surface area contributed by atoms with Gasteiger partial charge in [0.15, 0.2) is 5.56 Å². The Balaban J connectivity index is 1.53. The number of hydrogen-bond acceptors (Lipinski definition) is 7. The van der Waals surface area contributed by atoms with E-state index in [4.69, 9.17) is 16.3 Å². The van der Waals surface area contributed by atoms with E-state index in [-0.39, 0.29) is 0 Å². The first-order valence-electron chi connectivity index (χ1n) is 8.89. The number of amides is 1. The highest BCUT2D eigenvalue weighted by Crippen LogP contribution is 2.33. The van der Waals surface area contributed by atoms with Crippen LogP contribution in [-0.2, 0) is 14.1 Å². The van der Waals surface area contributed by atoms with E-state index in [0.29, 0.717) is 21.7 Å². The maximum Gasteiger partial charge on any atom is 0.333 e. The maximum atomic E-state index is 12.5. The van der Waals surface area contributed by atoms with Crippen molar-refractivity contribution in [3.05, 3.63) is 73.9 Å². The molecule has 0 aliphatic heterocycles. The number of thiazole rings is 1. The van der Waals surface area contributed by atoms with Gasteiger partial charge in [-0.05, 0) is 42.5 Å². The highest BCUT2D eigenvalue weighted by molar-refractivity contribution is 7.20. The summed E-state index contributed by atoms with van der Waals surface area (Å²) in [5.74, 6) is -1.06. The third-order valence-corrected chi connectivity index (χ3v) is 5.64. The van der Waals surface area contributed by atoms with Crippen molar-refractivity contribution in [2.75, 3.05) is 5.32 Å². The Morgan fingerprint density at radius 3 is 2.55 bits per heavy atom. The molecule has 0 unspecified atom stereocenters. The highest BCUT2D eigenvalue weighted by Gasteiger charge is 2.21. The zero-order valence-corrected chi connectivity index (χ0v) is 17.8. The van der Waals surface area contributed by atoms with Gasteiger partial charge in [0.1, 0.15) is 5.75 Å². The maximum absolute atomic E-state index is 12.5. The molecular weight excluding hydrogens is 444 g/mol. The molecule has 0 spiro atoms. The van der Waals surface area contributed by atoms with Gasteiger partial charge in [0, 0.05) is 24.8 Å². The molecular formula is C20H15ClN4O5S. The largest absolute Gasteiger partial charge is 0.494 e. The summed E-state index contributed by atoms with van der Waals surface area (Å²) in [6.45, 7) is 0. The molecule has 31 heavy (non-hydrogen) atoms. The molecule has 2 aromatic heterocycles. The highest BCUT2D eigenvalue weighted by atomic mass is 35.5. The van der Waals surface area contributed by atoms with E-state index in [1.54, 1.807) is 42.5 Å². The van der Waals surface area contributed by atoms with Crippen molar-refractivity contribution in [2.24, 2.45) is 14.1 Å². The SMILES string of the molecule is Cn1c(O)c(C(=O)Nc2ccc(Oc3nc4ccc(Cl)cc4s3)cc2)c(=O)n(C)c1=O. The Morgan fingerprint density at radius 1 is 1.13 bits per heavy atom. The van der Waals surface area contributed by atoms with Gasteiger partial charge in [-0.3, -0.25) is 18.7 Å². The van der Waals surface area contributed by atoms with Gasteiger partial charge in [-0.15, -0.1) is 0 Å². The fourth-order valence-electron chi connectivity index (χ4n) is 2.85. The van der Waals surface area contributed by atoms with Crippen LogP contribution in [0.15, 0.2) is 52.1 Å². The molecule has 11 heteroatoms. The minimum atomic E-state index is -0.894. The lowest BCUT2D eigenvalue weighted by molar-refractivity contribution is 0.102. The molecule has 2 heterocycles. The lowest BCUT2D eigenvalue weighted by atomic mass is 10.2. The third-order valence-electron chi connectivity index (χ3n) is 4.51. The number of carbonyl (C=O) groups excluding carboxylic acids is 1. The predicted molar refractivity (Wildman–Crippen MR) is 118 cm³/mol. The second-order valence-corrected chi connectivity index (χ2v) is 8.01. The van der Waals surface area contributed by atoms with Crippen LogP contribution < -0.4 is 21.3 Å². The van der Waals surface area contributed by atoms with Crippen LogP contribution in [0.4, 0.5) is 5.69 Å². The standard InChI is InChI=1S/C20H15ClN4O5S/c1-24-17(27)15(18(28)25(2)20(24)29)16(26)22-11-4-6-12(7-5-11)30-19-23-13-8-3-10(21)9-14(13)31-19/h3-9,27H,1-2H3,(H,22,26). The molecule has 9 nitrogen and oxygen atoms in total. The van der Waals surface area contributed by atoms with Crippen molar-refractivity contribution < 1.29 is 14.6 Å². The molecule has 4 rings (SSSR count). The van der Waals surface area contributed by atoms with Crippen molar-refractivity contribution in [1.29, 1.82) is 0 Å². The summed E-state index contributed by atoms with van der Waals surface area (Å²) in [7, 11) is 2.49. The van der Waals surface area contributed by atoms with Crippen LogP contribution in [-0.4, -0.2) is 25.1 Å².